The summed E-state index contributed by atoms with van der Waals surface area (Å²) in [6.07, 6.45) is 5.20. The van der Waals surface area contributed by atoms with Gasteiger partial charge in [0.15, 0.2) is 0 Å². The van der Waals surface area contributed by atoms with Crippen molar-refractivity contribution in [2.45, 2.75) is 64.5 Å². The van der Waals surface area contributed by atoms with Crippen LogP contribution in [-0.4, -0.2) is 17.3 Å². The van der Waals surface area contributed by atoms with E-state index in [0.29, 0.717) is 0 Å². The SMILES string of the molecule is CCCC[C@H](O)[C@@H](CCCC)N=[N+]=[N-]. The first-order chi connectivity index (χ1) is 6.76. The average Bonchev–Trinajstić information content (AvgIpc) is 2.20. The van der Waals surface area contributed by atoms with Crippen LogP contribution in [0.25, 0.3) is 10.4 Å². The lowest BCUT2D eigenvalue weighted by molar-refractivity contribution is 0.127. The van der Waals surface area contributed by atoms with Crippen LogP contribution in [0.15, 0.2) is 5.11 Å². The Balaban J connectivity index is 3.96. The smallest absolute Gasteiger partial charge is 0.0633 e. The van der Waals surface area contributed by atoms with Crippen LogP contribution in [0.5, 0.6) is 0 Å². The molecule has 0 radical (unpaired) electrons. The Morgan fingerprint density at radius 2 is 1.79 bits per heavy atom. The van der Waals surface area contributed by atoms with Crippen LogP contribution in [-0.2, 0) is 0 Å². The van der Waals surface area contributed by atoms with Crippen molar-refractivity contribution in [1.29, 1.82) is 0 Å². The molecule has 82 valence electrons. The van der Waals surface area contributed by atoms with Gasteiger partial charge in [-0.25, -0.2) is 0 Å². The lowest BCUT2D eigenvalue weighted by Gasteiger charge is -2.17. The zero-order valence-electron chi connectivity index (χ0n) is 9.19. The summed E-state index contributed by atoms with van der Waals surface area (Å²) in [5, 5.41) is 13.4. The van der Waals surface area contributed by atoms with Crippen molar-refractivity contribution < 1.29 is 5.11 Å². The molecule has 0 heterocycles. The summed E-state index contributed by atoms with van der Waals surface area (Å²) in [6.45, 7) is 4.17. The minimum Gasteiger partial charge on any atom is -0.393 e. The van der Waals surface area contributed by atoms with Gasteiger partial charge in [0.1, 0.15) is 0 Å². The van der Waals surface area contributed by atoms with Gasteiger partial charge in [0.25, 0.3) is 0 Å². The van der Waals surface area contributed by atoms with E-state index < -0.39 is 6.10 Å². The van der Waals surface area contributed by atoms with Gasteiger partial charge >= 0.3 is 0 Å². The molecular formula is C10H21N3O. The average molecular weight is 199 g/mol. The van der Waals surface area contributed by atoms with Crippen LogP contribution < -0.4 is 0 Å². The van der Waals surface area contributed by atoms with E-state index in [2.05, 4.69) is 23.9 Å². The van der Waals surface area contributed by atoms with Crippen LogP contribution in [0, 0.1) is 0 Å². The lowest BCUT2D eigenvalue weighted by Crippen LogP contribution is -2.23. The second kappa shape index (κ2) is 8.85. The number of unbranched alkanes of at least 4 members (excludes halogenated alkanes) is 2. The molecule has 0 aromatic heterocycles. The van der Waals surface area contributed by atoms with Crippen molar-refractivity contribution >= 4 is 0 Å². The van der Waals surface area contributed by atoms with Crippen molar-refractivity contribution in [2.24, 2.45) is 5.11 Å². The minimum atomic E-state index is -0.461. The fourth-order valence-corrected chi connectivity index (χ4v) is 1.41. The van der Waals surface area contributed by atoms with Crippen molar-refractivity contribution in [2.75, 3.05) is 0 Å². The number of hydrogen-bond acceptors (Lipinski definition) is 2. The van der Waals surface area contributed by atoms with Crippen molar-refractivity contribution in [3.05, 3.63) is 10.4 Å². The second-order valence-electron chi connectivity index (χ2n) is 3.62. The fraction of sp³-hybridized carbons (Fsp3) is 1.00. The Hall–Kier alpha value is -0.730. The first kappa shape index (κ1) is 13.3. The maximum absolute atomic E-state index is 9.73. The molecule has 0 amide bonds. The standard InChI is InChI=1S/C10H21N3O/c1-3-5-7-9(12-13-11)10(14)8-6-4-2/h9-10,14H,3-8H2,1-2H3/t9-,10+/m1/s1. The Labute approximate surface area is 86.0 Å². The first-order valence-electron chi connectivity index (χ1n) is 5.48. The molecule has 0 unspecified atom stereocenters. The van der Waals surface area contributed by atoms with Crippen molar-refractivity contribution in [3.63, 3.8) is 0 Å². The minimum absolute atomic E-state index is 0.230. The van der Waals surface area contributed by atoms with Crippen LogP contribution in [0.4, 0.5) is 0 Å². The van der Waals surface area contributed by atoms with E-state index in [1.165, 1.54) is 0 Å². The van der Waals surface area contributed by atoms with Crippen molar-refractivity contribution in [1.82, 2.24) is 0 Å². The molecule has 0 saturated carbocycles. The fourth-order valence-electron chi connectivity index (χ4n) is 1.41. The molecule has 0 aliphatic carbocycles. The van der Waals surface area contributed by atoms with Gasteiger partial charge in [-0.05, 0) is 18.4 Å². The number of azide groups is 1. The van der Waals surface area contributed by atoms with Gasteiger partial charge in [0.2, 0.25) is 0 Å². The maximum atomic E-state index is 9.73. The van der Waals surface area contributed by atoms with E-state index in [4.69, 9.17) is 5.53 Å². The Morgan fingerprint density at radius 1 is 1.21 bits per heavy atom. The molecule has 0 fully saturated rings. The van der Waals surface area contributed by atoms with E-state index in [-0.39, 0.29) is 6.04 Å². The van der Waals surface area contributed by atoms with Crippen LogP contribution >= 0.6 is 0 Å². The summed E-state index contributed by atoms with van der Waals surface area (Å²) in [6, 6.07) is -0.230. The van der Waals surface area contributed by atoms with Crippen LogP contribution in [0.2, 0.25) is 0 Å². The molecule has 0 saturated heterocycles. The molecule has 0 rings (SSSR count). The van der Waals surface area contributed by atoms with E-state index >= 15 is 0 Å². The third-order valence-electron chi connectivity index (χ3n) is 2.35. The third-order valence-corrected chi connectivity index (χ3v) is 2.35. The second-order valence-corrected chi connectivity index (χ2v) is 3.62. The van der Waals surface area contributed by atoms with E-state index in [1.807, 2.05) is 0 Å². The largest absolute Gasteiger partial charge is 0.393 e. The van der Waals surface area contributed by atoms with E-state index in [9.17, 15) is 5.11 Å². The molecule has 14 heavy (non-hydrogen) atoms. The highest BCUT2D eigenvalue weighted by Crippen LogP contribution is 2.14. The summed E-state index contributed by atoms with van der Waals surface area (Å²) in [5.41, 5.74) is 8.36. The molecule has 0 aromatic rings. The molecule has 0 aliphatic rings. The molecule has 0 bridgehead atoms. The molecule has 1 N–H and O–H groups in total. The highest BCUT2D eigenvalue weighted by Gasteiger charge is 2.16. The molecule has 2 atom stereocenters. The molecule has 4 nitrogen and oxygen atoms in total. The topological polar surface area (TPSA) is 69.0 Å². The number of aliphatic hydroxyl groups excluding tert-OH is 1. The summed E-state index contributed by atoms with van der Waals surface area (Å²) in [5.74, 6) is 0. The molecule has 0 aromatic carbocycles. The highest BCUT2D eigenvalue weighted by atomic mass is 16.3. The van der Waals surface area contributed by atoms with Crippen LogP contribution in [0.1, 0.15) is 52.4 Å². The Morgan fingerprint density at radius 3 is 2.29 bits per heavy atom. The van der Waals surface area contributed by atoms with E-state index in [1.54, 1.807) is 0 Å². The zero-order chi connectivity index (χ0) is 10.8. The van der Waals surface area contributed by atoms with Crippen molar-refractivity contribution in [3.8, 4) is 0 Å². The van der Waals surface area contributed by atoms with Gasteiger partial charge in [0.05, 0.1) is 12.1 Å². The maximum Gasteiger partial charge on any atom is 0.0633 e. The Bertz CT molecular complexity index is 178. The van der Waals surface area contributed by atoms with Gasteiger partial charge in [-0.3, -0.25) is 0 Å². The van der Waals surface area contributed by atoms with E-state index in [0.717, 1.165) is 38.5 Å². The quantitative estimate of drug-likeness (QED) is 0.363. The number of hydrogen-bond donors (Lipinski definition) is 1. The molecule has 4 heteroatoms. The summed E-state index contributed by atoms with van der Waals surface area (Å²) in [7, 11) is 0. The molecule has 0 spiro atoms. The van der Waals surface area contributed by atoms with Gasteiger partial charge in [-0.1, -0.05) is 44.6 Å². The molecule has 0 aliphatic heterocycles. The van der Waals surface area contributed by atoms with Gasteiger partial charge < -0.3 is 5.11 Å². The van der Waals surface area contributed by atoms with Gasteiger partial charge in [-0.15, -0.1) is 0 Å². The highest BCUT2D eigenvalue weighted by molar-refractivity contribution is 4.75. The summed E-state index contributed by atoms with van der Waals surface area (Å²) in [4.78, 5) is 2.78. The van der Waals surface area contributed by atoms with Gasteiger partial charge in [-0.2, -0.15) is 0 Å². The third kappa shape index (κ3) is 5.84. The monoisotopic (exact) mass is 199 g/mol. The van der Waals surface area contributed by atoms with Crippen LogP contribution in [0.3, 0.4) is 0 Å². The number of rotatable bonds is 8. The predicted molar refractivity (Wildman–Crippen MR) is 58.0 cm³/mol. The zero-order valence-corrected chi connectivity index (χ0v) is 9.19. The number of nitrogens with zero attached hydrogens (tertiary/aromatic N) is 3. The predicted octanol–water partition coefficient (Wildman–Crippen LogP) is 3.41. The number of aliphatic hydroxyl groups is 1. The summed E-state index contributed by atoms with van der Waals surface area (Å²) < 4.78 is 0. The first-order valence-corrected chi connectivity index (χ1v) is 5.48. The summed E-state index contributed by atoms with van der Waals surface area (Å²) >= 11 is 0. The van der Waals surface area contributed by atoms with Gasteiger partial charge in [0, 0.05) is 4.91 Å². The molecular weight excluding hydrogens is 178 g/mol. The Kier molecular flexibility index (Phi) is 8.39. The normalized spacial score (nSPS) is 14.5. The lowest BCUT2D eigenvalue weighted by atomic mass is 10.0.